The predicted octanol–water partition coefficient (Wildman–Crippen LogP) is 4.53. The first-order valence-corrected chi connectivity index (χ1v) is 6.15. The fraction of sp³-hybridized carbons (Fsp3) is 0. The van der Waals surface area contributed by atoms with Gasteiger partial charge in [0.1, 0.15) is 5.02 Å². The molecule has 1 heterocycles. The summed E-state index contributed by atoms with van der Waals surface area (Å²) in [5.41, 5.74) is 6.19. The maximum atomic E-state index is 5.98. The van der Waals surface area contributed by atoms with Crippen molar-refractivity contribution >= 4 is 44.8 Å². The third-order valence-electron chi connectivity index (χ3n) is 1.95. The summed E-state index contributed by atoms with van der Waals surface area (Å²) < 4.78 is 6.28. The lowest BCUT2D eigenvalue weighted by atomic mass is 10.3. The van der Waals surface area contributed by atoms with Crippen LogP contribution in [0.1, 0.15) is 0 Å². The van der Waals surface area contributed by atoms with Crippen molar-refractivity contribution in [2.75, 3.05) is 5.73 Å². The highest BCUT2D eigenvalue weighted by atomic mass is 79.9. The molecule has 0 unspecified atom stereocenters. The number of nitrogens with zero attached hydrogens (tertiary/aromatic N) is 1. The van der Waals surface area contributed by atoms with E-state index in [2.05, 4.69) is 20.9 Å². The molecule has 88 valence electrons. The van der Waals surface area contributed by atoms with Crippen molar-refractivity contribution < 1.29 is 4.74 Å². The Labute approximate surface area is 117 Å². The van der Waals surface area contributed by atoms with E-state index in [1.54, 1.807) is 30.5 Å². The summed E-state index contributed by atoms with van der Waals surface area (Å²) in [4.78, 5) is 4.05. The fourth-order valence-electron chi connectivity index (χ4n) is 1.19. The standard InChI is InChI=1S/C11H7BrCl2N2O/c12-6-3-8(14)11(16-5-6)17-10-2-1-7(13)4-9(10)15/h1-5H,15H2. The molecule has 0 aliphatic carbocycles. The van der Waals surface area contributed by atoms with Gasteiger partial charge in [-0.05, 0) is 40.2 Å². The molecule has 17 heavy (non-hydrogen) atoms. The highest BCUT2D eigenvalue weighted by molar-refractivity contribution is 9.10. The van der Waals surface area contributed by atoms with E-state index in [-0.39, 0.29) is 0 Å². The predicted molar refractivity (Wildman–Crippen MR) is 72.9 cm³/mol. The number of hydrogen-bond acceptors (Lipinski definition) is 3. The van der Waals surface area contributed by atoms with Crippen LogP contribution in [0.25, 0.3) is 0 Å². The highest BCUT2D eigenvalue weighted by Gasteiger charge is 2.08. The molecule has 0 aliphatic heterocycles. The maximum Gasteiger partial charge on any atom is 0.238 e. The number of anilines is 1. The fourth-order valence-corrected chi connectivity index (χ4v) is 2.04. The van der Waals surface area contributed by atoms with Crippen molar-refractivity contribution in [3.05, 3.63) is 45.0 Å². The van der Waals surface area contributed by atoms with E-state index in [4.69, 9.17) is 33.7 Å². The molecule has 0 aliphatic rings. The third-order valence-corrected chi connectivity index (χ3v) is 2.89. The van der Waals surface area contributed by atoms with Gasteiger partial charge in [0.25, 0.3) is 0 Å². The minimum absolute atomic E-state index is 0.295. The van der Waals surface area contributed by atoms with Crippen molar-refractivity contribution in [3.8, 4) is 11.6 Å². The van der Waals surface area contributed by atoms with E-state index in [1.807, 2.05) is 0 Å². The Morgan fingerprint density at radius 1 is 1.24 bits per heavy atom. The lowest BCUT2D eigenvalue weighted by Gasteiger charge is -2.09. The lowest BCUT2D eigenvalue weighted by molar-refractivity contribution is 0.465. The van der Waals surface area contributed by atoms with E-state index >= 15 is 0 Å². The van der Waals surface area contributed by atoms with Crippen LogP contribution in [0.4, 0.5) is 5.69 Å². The molecule has 0 spiro atoms. The van der Waals surface area contributed by atoms with E-state index in [9.17, 15) is 0 Å². The average molecular weight is 334 g/mol. The topological polar surface area (TPSA) is 48.1 Å². The van der Waals surface area contributed by atoms with Gasteiger partial charge in [0.2, 0.25) is 5.88 Å². The first-order chi connectivity index (χ1) is 8.06. The molecule has 1 aromatic carbocycles. The summed E-state index contributed by atoms with van der Waals surface area (Å²) in [5.74, 6) is 0.759. The van der Waals surface area contributed by atoms with Crippen molar-refractivity contribution in [3.63, 3.8) is 0 Å². The Balaban J connectivity index is 2.31. The van der Waals surface area contributed by atoms with E-state index in [1.165, 1.54) is 0 Å². The number of nitrogen functional groups attached to an aromatic ring is 1. The quantitative estimate of drug-likeness (QED) is 0.821. The second kappa shape index (κ2) is 5.12. The second-order valence-electron chi connectivity index (χ2n) is 3.22. The molecule has 2 aromatic rings. The van der Waals surface area contributed by atoms with Gasteiger partial charge in [-0.2, -0.15) is 0 Å². The Kier molecular flexibility index (Phi) is 3.76. The largest absolute Gasteiger partial charge is 0.435 e. The molecule has 0 radical (unpaired) electrons. The Hall–Kier alpha value is -0.970. The van der Waals surface area contributed by atoms with Crippen LogP contribution in [-0.2, 0) is 0 Å². The van der Waals surface area contributed by atoms with Gasteiger partial charge < -0.3 is 10.5 Å². The lowest BCUT2D eigenvalue weighted by Crippen LogP contribution is -1.94. The molecule has 0 saturated heterocycles. The van der Waals surface area contributed by atoms with Gasteiger partial charge in [0.15, 0.2) is 5.75 Å². The normalized spacial score (nSPS) is 10.3. The van der Waals surface area contributed by atoms with Crippen LogP contribution in [0.3, 0.4) is 0 Å². The molecule has 0 fully saturated rings. The highest BCUT2D eigenvalue weighted by Crippen LogP contribution is 2.33. The number of pyridine rings is 1. The van der Waals surface area contributed by atoms with Gasteiger partial charge in [-0.1, -0.05) is 23.2 Å². The summed E-state index contributed by atoms with van der Waals surface area (Å²) in [7, 11) is 0. The van der Waals surface area contributed by atoms with Gasteiger partial charge in [-0.25, -0.2) is 4.98 Å². The molecule has 0 atom stereocenters. The molecule has 3 nitrogen and oxygen atoms in total. The second-order valence-corrected chi connectivity index (χ2v) is 4.98. The zero-order valence-corrected chi connectivity index (χ0v) is 11.6. The smallest absolute Gasteiger partial charge is 0.238 e. The van der Waals surface area contributed by atoms with Crippen molar-refractivity contribution in [1.82, 2.24) is 4.98 Å². The third kappa shape index (κ3) is 3.03. The number of hydrogen-bond donors (Lipinski definition) is 1. The molecule has 0 amide bonds. The van der Waals surface area contributed by atoms with Gasteiger partial charge in [-0.3, -0.25) is 0 Å². The van der Waals surface area contributed by atoms with Gasteiger partial charge in [0, 0.05) is 15.7 Å². The van der Waals surface area contributed by atoms with Crippen LogP contribution < -0.4 is 10.5 Å². The monoisotopic (exact) mass is 332 g/mol. The number of ether oxygens (including phenoxy) is 1. The van der Waals surface area contributed by atoms with Crippen molar-refractivity contribution in [2.24, 2.45) is 0 Å². The molecule has 1 aromatic heterocycles. The molecule has 0 bridgehead atoms. The maximum absolute atomic E-state index is 5.98. The first kappa shape index (κ1) is 12.5. The molecule has 2 rings (SSSR count). The molecule has 2 N–H and O–H groups in total. The summed E-state index contributed by atoms with van der Waals surface area (Å²) >= 11 is 15.0. The average Bonchev–Trinajstić information content (AvgIpc) is 2.25. The van der Waals surface area contributed by atoms with Crippen LogP contribution in [0, 0.1) is 0 Å². The van der Waals surface area contributed by atoms with Crippen molar-refractivity contribution in [1.29, 1.82) is 0 Å². The van der Waals surface area contributed by atoms with E-state index < -0.39 is 0 Å². The van der Waals surface area contributed by atoms with E-state index in [0.717, 1.165) is 4.47 Å². The Bertz CT molecular complexity index is 514. The van der Waals surface area contributed by atoms with Crippen LogP contribution in [0.15, 0.2) is 34.9 Å². The molecular weight excluding hydrogens is 327 g/mol. The number of nitrogens with two attached hydrogens (primary N) is 1. The van der Waals surface area contributed by atoms with Crippen LogP contribution in [0.5, 0.6) is 11.6 Å². The minimum Gasteiger partial charge on any atom is -0.435 e. The summed E-state index contributed by atoms with van der Waals surface area (Å²) in [6, 6.07) is 6.64. The SMILES string of the molecule is Nc1cc(Cl)ccc1Oc1ncc(Br)cc1Cl. The number of aromatic nitrogens is 1. The van der Waals surface area contributed by atoms with Gasteiger partial charge >= 0.3 is 0 Å². The summed E-state index contributed by atoms with van der Waals surface area (Å²) in [6.07, 6.45) is 1.59. The van der Waals surface area contributed by atoms with Gasteiger partial charge in [0.05, 0.1) is 5.69 Å². The van der Waals surface area contributed by atoms with E-state index in [0.29, 0.717) is 27.4 Å². The molecule has 0 saturated carbocycles. The molecular formula is C11H7BrCl2N2O. The zero-order valence-electron chi connectivity index (χ0n) is 8.45. The summed E-state index contributed by atoms with van der Waals surface area (Å²) in [6.45, 7) is 0. The van der Waals surface area contributed by atoms with Crippen LogP contribution in [-0.4, -0.2) is 4.98 Å². The Morgan fingerprint density at radius 2 is 2.00 bits per heavy atom. The van der Waals surface area contributed by atoms with Crippen LogP contribution in [0.2, 0.25) is 10.0 Å². The first-order valence-electron chi connectivity index (χ1n) is 4.60. The summed E-state index contributed by atoms with van der Waals surface area (Å²) in [5, 5.41) is 0.943. The number of benzene rings is 1. The minimum atomic E-state index is 0.295. The molecule has 6 heteroatoms. The van der Waals surface area contributed by atoms with Crippen LogP contribution >= 0.6 is 39.1 Å². The Morgan fingerprint density at radius 3 is 2.65 bits per heavy atom. The van der Waals surface area contributed by atoms with Crippen molar-refractivity contribution in [2.45, 2.75) is 0 Å². The number of rotatable bonds is 2. The zero-order chi connectivity index (χ0) is 12.4. The van der Waals surface area contributed by atoms with Gasteiger partial charge in [-0.15, -0.1) is 0 Å². The number of halogens is 3.